The topological polar surface area (TPSA) is 61.4 Å². The van der Waals surface area contributed by atoms with Gasteiger partial charge in [-0.05, 0) is 30.5 Å². The van der Waals surface area contributed by atoms with Crippen LogP contribution in [0.3, 0.4) is 0 Å². The first-order valence-corrected chi connectivity index (χ1v) is 7.84. The lowest BCUT2D eigenvalue weighted by Gasteiger charge is -2.27. The Morgan fingerprint density at radius 2 is 1.90 bits per heavy atom. The molecule has 2 rings (SSSR count). The molecule has 1 aromatic rings. The standard InChI is InChI=1S/C14H19N3O2S/c1-20-12-4-2-11(3-5-12)14(19)16-10-13(18)17-8-6-15-7-9-17/h2-5,15H,6-10H2,1H3,(H,16,19). The molecule has 0 bridgehead atoms. The maximum atomic E-state index is 11.9. The highest BCUT2D eigenvalue weighted by Gasteiger charge is 2.16. The minimum absolute atomic E-state index is 0.0272. The molecule has 1 aliphatic heterocycles. The quantitative estimate of drug-likeness (QED) is 0.797. The third kappa shape index (κ3) is 3.98. The fourth-order valence-corrected chi connectivity index (χ4v) is 2.43. The zero-order valence-electron chi connectivity index (χ0n) is 11.5. The highest BCUT2D eigenvalue weighted by Crippen LogP contribution is 2.14. The Balaban J connectivity index is 1.83. The summed E-state index contributed by atoms with van der Waals surface area (Å²) < 4.78 is 0. The van der Waals surface area contributed by atoms with Gasteiger partial charge in [-0.2, -0.15) is 0 Å². The number of piperazine rings is 1. The Kier molecular flexibility index (Phi) is 5.43. The van der Waals surface area contributed by atoms with E-state index >= 15 is 0 Å². The van der Waals surface area contributed by atoms with Crippen molar-refractivity contribution >= 4 is 23.6 Å². The monoisotopic (exact) mass is 293 g/mol. The summed E-state index contributed by atoms with van der Waals surface area (Å²) in [7, 11) is 0. The number of hydrogen-bond acceptors (Lipinski definition) is 4. The third-order valence-electron chi connectivity index (χ3n) is 3.22. The molecule has 0 aromatic heterocycles. The average Bonchev–Trinajstić information content (AvgIpc) is 2.53. The van der Waals surface area contributed by atoms with Crippen molar-refractivity contribution in [2.45, 2.75) is 4.90 Å². The van der Waals surface area contributed by atoms with Crippen LogP contribution in [0.2, 0.25) is 0 Å². The van der Waals surface area contributed by atoms with Crippen molar-refractivity contribution in [1.29, 1.82) is 0 Å². The predicted molar refractivity (Wildman–Crippen MR) is 80.0 cm³/mol. The molecule has 2 amide bonds. The van der Waals surface area contributed by atoms with Gasteiger partial charge in [-0.1, -0.05) is 0 Å². The summed E-state index contributed by atoms with van der Waals surface area (Å²) in [5.41, 5.74) is 0.580. The van der Waals surface area contributed by atoms with Gasteiger partial charge in [0.2, 0.25) is 5.91 Å². The second-order valence-electron chi connectivity index (χ2n) is 4.54. The molecule has 6 heteroatoms. The van der Waals surface area contributed by atoms with Gasteiger partial charge >= 0.3 is 0 Å². The van der Waals surface area contributed by atoms with Crippen LogP contribution in [0.1, 0.15) is 10.4 Å². The number of nitrogens with zero attached hydrogens (tertiary/aromatic N) is 1. The second-order valence-corrected chi connectivity index (χ2v) is 5.42. The molecular formula is C14H19N3O2S. The van der Waals surface area contributed by atoms with Crippen LogP contribution in [-0.2, 0) is 4.79 Å². The van der Waals surface area contributed by atoms with Crippen LogP contribution in [0.5, 0.6) is 0 Å². The number of carbonyl (C=O) groups is 2. The molecule has 0 unspecified atom stereocenters. The molecule has 0 aliphatic carbocycles. The van der Waals surface area contributed by atoms with E-state index in [1.165, 1.54) is 0 Å². The predicted octanol–water partition coefficient (Wildman–Crippen LogP) is 0.570. The molecule has 1 fully saturated rings. The molecule has 1 saturated heterocycles. The van der Waals surface area contributed by atoms with Crippen LogP contribution >= 0.6 is 11.8 Å². The maximum Gasteiger partial charge on any atom is 0.251 e. The van der Waals surface area contributed by atoms with E-state index in [9.17, 15) is 9.59 Å². The van der Waals surface area contributed by atoms with Gasteiger partial charge < -0.3 is 15.5 Å². The van der Waals surface area contributed by atoms with E-state index in [-0.39, 0.29) is 18.4 Å². The van der Waals surface area contributed by atoms with E-state index < -0.39 is 0 Å². The van der Waals surface area contributed by atoms with E-state index in [4.69, 9.17) is 0 Å². The van der Waals surface area contributed by atoms with Crippen molar-refractivity contribution < 1.29 is 9.59 Å². The number of nitrogens with one attached hydrogen (secondary N) is 2. The van der Waals surface area contributed by atoms with Crippen LogP contribution < -0.4 is 10.6 Å². The van der Waals surface area contributed by atoms with Gasteiger partial charge in [0.05, 0.1) is 6.54 Å². The van der Waals surface area contributed by atoms with E-state index in [2.05, 4.69) is 10.6 Å². The Bertz CT molecular complexity index is 470. The smallest absolute Gasteiger partial charge is 0.251 e. The zero-order valence-corrected chi connectivity index (χ0v) is 12.3. The van der Waals surface area contributed by atoms with Crippen molar-refractivity contribution in [2.75, 3.05) is 39.0 Å². The van der Waals surface area contributed by atoms with Gasteiger partial charge in [0, 0.05) is 36.6 Å². The highest BCUT2D eigenvalue weighted by molar-refractivity contribution is 7.98. The summed E-state index contributed by atoms with van der Waals surface area (Å²) in [6, 6.07) is 7.35. The van der Waals surface area contributed by atoms with Crippen LogP contribution in [0.4, 0.5) is 0 Å². The molecule has 1 aliphatic rings. The molecule has 1 aromatic carbocycles. The molecule has 1 heterocycles. The van der Waals surface area contributed by atoms with Crippen LogP contribution in [0, 0.1) is 0 Å². The van der Waals surface area contributed by atoms with E-state index in [1.54, 1.807) is 28.8 Å². The van der Waals surface area contributed by atoms with Gasteiger partial charge in [0.15, 0.2) is 0 Å². The third-order valence-corrected chi connectivity index (χ3v) is 3.97. The molecule has 108 valence electrons. The number of rotatable bonds is 4. The van der Waals surface area contributed by atoms with Crippen molar-refractivity contribution in [2.24, 2.45) is 0 Å². The van der Waals surface area contributed by atoms with Gasteiger partial charge in [0.25, 0.3) is 5.91 Å². The van der Waals surface area contributed by atoms with Gasteiger partial charge in [-0.25, -0.2) is 0 Å². The lowest BCUT2D eigenvalue weighted by atomic mass is 10.2. The average molecular weight is 293 g/mol. The van der Waals surface area contributed by atoms with Gasteiger partial charge in [-0.15, -0.1) is 11.8 Å². The summed E-state index contributed by atoms with van der Waals surface area (Å²) in [4.78, 5) is 26.7. The number of hydrogen-bond donors (Lipinski definition) is 2. The number of carbonyl (C=O) groups excluding carboxylic acids is 2. The van der Waals surface area contributed by atoms with Crippen molar-refractivity contribution in [1.82, 2.24) is 15.5 Å². The summed E-state index contributed by atoms with van der Waals surface area (Å²) in [5, 5.41) is 5.86. The van der Waals surface area contributed by atoms with E-state index in [0.29, 0.717) is 18.7 Å². The lowest BCUT2D eigenvalue weighted by molar-refractivity contribution is -0.130. The van der Waals surface area contributed by atoms with Crippen LogP contribution in [0.25, 0.3) is 0 Å². The minimum Gasteiger partial charge on any atom is -0.343 e. The second kappa shape index (κ2) is 7.31. The summed E-state index contributed by atoms with van der Waals surface area (Å²) in [6.45, 7) is 3.10. The molecule has 0 saturated carbocycles. The Morgan fingerprint density at radius 1 is 1.25 bits per heavy atom. The summed E-state index contributed by atoms with van der Waals surface area (Å²) in [5.74, 6) is -0.235. The molecular weight excluding hydrogens is 274 g/mol. The van der Waals surface area contributed by atoms with E-state index in [1.807, 2.05) is 18.4 Å². The molecule has 20 heavy (non-hydrogen) atoms. The normalized spacial score (nSPS) is 14.9. The maximum absolute atomic E-state index is 11.9. The molecule has 5 nitrogen and oxygen atoms in total. The summed E-state index contributed by atoms with van der Waals surface area (Å²) in [6.07, 6.45) is 1.99. The van der Waals surface area contributed by atoms with Crippen molar-refractivity contribution in [3.05, 3.63) is 29.8 Å². The molecule has 0 radical (unpaired) electrons. The minimum atomic E-state index is -0.207. The number of benzene rings is 1. The first-order chi connectivity index (χ1) is 9.70. The van der Waals surface area contributed by atoms with Crippen molar-refractivity contribution in [3.63, 3.8) is 0 Å². The molecule has 0 atom stereocenters. The number of amides is 2. The largest absolute Gasteiger partial charge is 0.343 e. The fraction of sp³-hybridized carbons (Fsp3) is 0.429. The molecule has 2 N–H and O–H groups in total. The Labute approximate surface area is 123 Å². The zero-order chi connectivity index (χ0) is 14.4. The Morgan fingerprint density at radius 3 is 2.50 bits per heavy atom. The van der Waals surface area contributed by atoms with Crippen LogP contribution in [0.15, 0.2) is 29.2 Å². The first kappa shape index (κ1) is 14.9. The number of thioether (sulfide) groups is 1. The van der Waals surface area contributed by atoms with E-state index in [0.717, 1.165) is 18.0 Å². The highest BCUT2D eigenvalue weighted by atomic mass is 32.2. The van der Waals surface area contributed by atoms with Gasteiger partial charge in [-0.3, -0.25) is 9.59 Å². The fourth-order valence-electron chi connectivity index (χ4n) is 2.03. The Hall–Kier alpha value is -1.53. The van der Waals surface area contributed by atoms with Crippen LogP contribution in [-0.4, -0.2) is 55.7 Å². The SMILES string of the molecule is CSc1ccc(C(=O)NCC(=O)N2CCNCC2)cc1. The van der Waals surface area contributed by atoms with Gasteiger partial charge in [0.1, 0.15) is 0 Å². The lowest BCUT2D eigenvalue weighted by Crippen LogP contribution is -2.49. The summed E-state index contributed by atoms with van der Waals surface area (Å²) >= 11 is 1.63. The molecule has 0 spiro atoms. The van der Waals surface area contributed by atoms with Crippen molar-refractivity contribution in [3.8, 4) is 0 Å². The first-order valence-electron chi connectivity index (χ1n) is 6.61.